The van der Waals surface area contributed by atoms with E-state index in [9.17, 15) is 44.5 Å². The van der Waals surface area contributed by atoms with Crippen molar-refractivity contribution in [3.05, 3.63) is 104 Å². The Kier molecular flexibility index (Phi) is 6.88. The molecule has 14 heteroatoms. The quantitative estimate of drug-likeness (QED) is 0.177. The molecule has 0 aromatic heterocycles. The van der Waals surface area contributed by atoms with E-state index in [0.29, 0.717) is 16.9 Å². The first-order valence-electron chi connectivity index (χ1n) is 14.8. The number of anilines is 2. The predicted molar refractivity (Wildman–Crippen MR) is 163 cm³/mol. The summed E-state index contributed by atoms with van der Waals surface area (Å²) in [7, 11) is 1.44. The van der Waals surface area contributed by atoms with Crippen LogP contribution in [0.4, 0.5) is 22.7 Å². The van der Waals surface area contributed by atoms with Crippen molar-refractivity contribution in [1.82, 2.24) is 0 Å². The number of nitro benzene ring substituents is 2. The van der Waals surface area contributed by atoms with Crippen LogP contribution in [0.1, 0.15) is 24.3 Å². The van der Waals surface area contributed by atoms with Gasteiger partial charge >= 0.3 is 0 Å². The summed E-state index contributed by atoms with van der Waals surface area (Å²) in [6.07, 6.45) is 2.07. The lowest BCUT2D eigenvalue weighted by molar-refractivity contribution is -0.385. The maximum Gasteiger partial charge on any atom is 0.269 e. The number of nitro groups is 2. The number of carbonyl (C=O) groups is 4. The van der Waals surface area contributed by atoms with Crippen molar-refractivity contribution in [2.24, 2.45) is 29.6 Å². The summed E-state index contributed by atoms with van der Waals surface area (Å²) in [5, 5.41) is 33.6. The van der Waals surface area contributed by atoms with E-state index in [1.165, 1.54) is 61.7 Å². The van der Waals surface area contributed by atoms with E-state index >= 15 is 0 Å². The maximum atomic E-state index is 14.2. The van der Waals surface area contributed by atoms with Gasteiger partial charge in [-0.1, -0.05) is 17.7 Å². The number of amides is 4. The molecular formula is C33H26N4O10. The van der Waals surface area contributed by atoms with Crippen LogP contribution >= 0.6 is 0 Å². The lowest BCUT2D eigenvalue weighted by Crippen LogP contribution is -2.43. The number of methoxy groups -OCH3 is 1. The van der Waals surface area contributed by atoms with Crippen LogP contribution < -0.4 is 14.5 Å². The van der Waals surface area contributed by atoms with Crippen molar-refractivity contribution in [3.8, 4) is 11.5 Å². The minimum atomic E-state index is -0.964. The van der Waals surface area contributed by atoms with E-state index in [4.69, 9.17) is 4.74 Å². The van der Waals surface area contributed by atoms with E-state index < -0.39 is 69.0 Å². The second-order valence-electron chi connectivity index (χ2n) is 12.0. The number of phenolic OH excluding ortho intramolecular Hbond substituents is 1. The number of allylic oxidation sites excluding steroid dienone is 2. The van der Waals surface area contributed by atoms with Crippen molar-refractivity contribution < 1.29 is 38.9 Å². The number of rotatable bonds is 6. The molecule has 1 saturated carbocycles. The van der Waals surface area contributed by atoms with Crippen LogP contribution in [-0.2, 0) is 19.2 Å². The van der Waals surface area contributed by atoms with E-state index in [0.717, 1.165) is 9.80 Å². The Labute approximate surface area is 266 Å². The predicted octanol–water partition coefficient (Wildman–Crippen LogP) is 4.26. The summed E-state index contributed by atoms with van der Waals surface area (Å²) in [5.41, 5.74) is 0.949. The van der Waals surface area contributed by atoms with Gasteiger partial charge in [-0.05, 0) is 49.1 Å². The number of hydrogen-bond acceptors (Lipinski definition) is 10. The number of aromatic hydroxyl groups is 1. The zero-order chi connectivity index (χ0) is 33.3. The average molecular weight is 639 g/mol. The SMILES string of the molecule is COc1ccc(C2C3=CCC4C(=O)N(c5ccc([N+](=O)[O-])cc5)C(=O)C4C3CC3C(=O)N(c4ccc([N+](=O)[O-])cc4)C(=O)C32)c(O)c1. The van der Waals surface area contributed by atoms with Crippen LogP contribution in [0.25, 0.3) is 0 Å². The Morgan fingerprint density at radius 3 is 1.77 bits per heavy atom. The molecule has 2 aliphatic heterocycles. The van der Waals surface area contributed by atoms with E-state index in [-0.39, 0.29) is 41.3 Å². The molecule has 238 valence electrons. The van der Waals surface area contributed by atoms with Gasteiger partial charge in [0.25, 0.3) is 11.4 Å². The number of phenols is 1. The number of non-ortho nitro benzene ring substituents is 2. The molecule has 3 fully saturated rings. The van der Waals surface area contributed by atoms with Crippen molar-refractivity contribution in [3.63, 3.8) is 0 Å². The molecule has 4 amide bonds. The minimum Gasteiger partial charge on any atom is -0.508 e. The van der Waals surface area contributed by atoms with E-state index in [1.807, 2.05) is 6.08 Å². The van der Waals surface area contributed by atoms with Gasteiger partial charge in [-0.3, -0.25) is 49.2 Å². The molecule has 7 rings (SSSR count). The van der Waals surface area contributed by atoms with Gasteiger partial charge in [0.05, 0.1) is 52.0 Å². The first kappa shape index (κ1) is 29.8. The van der Waals surface area contributed by atoms with Crippen molar-refractivity contribution in [2.45, 2.75) is 18.8 Å². The third-order valence-corrected chi connectivity index (χ3v) is 9.86. The fourth-order valence-electron chi connectivity index (χ4n) is 7.81. The second kappa shape index (κ2) is 10.9. The van der Waals surface area contributed by atoms with Gasteiger partial charge in [-0.2, -0.15) is 0 Å². The van der Waals surface area contributed by atoms with Crippen molar-refractivity contribution in [1.29, 1.82) is 0 Å². The van der Waals surface area contributed by atoms with Gasteiger partial charge in [0, 0.05) is 41.8 Å². The lowest BCUT2D eigenvalue weighted by atomic mass is 9.57. The zero-order valence-electron chi connectivity index (χ0n) is 24.7. The molecule has 14 nitrogen and oxygen atoms in total. The van der Waals surface area contributed by atoms with Crippen molar-refractivity contribution >= 4 is 46.4 Å². The molecule has 6 unspecified atom stereocenters. The highest BCUT2D eigenvalue weighted by Gasteiger charge is 2.62. The fourth-order valence-corrected chi connectivity index (χ4v) is 7.81. The third-order valence-electron chi connectivity index (χ3n) is 9.86. The summed E-state index contributed by atoms with van der Waals surface area (Å²) in [5.74, 6) is -6.87. The van der Waals surface area contributed by atoms with Crippen LogP contribution in [0.15, 0.2) is 78.4 Å². The van der Waals surface area contributed by atoms with Crippen LogP contribution in [0.2, 0.25) is 0 Å². The molecule has 3 aromatic rings. The number of nitrogens with zero attached hydrogens (tertiary/aromatic N) is 4. The van der Waals surface area contributed by atoms with Gasteiger partial charge in [0.2, 0.25) is 23.6 Å². The number of fused-ring (bicyclic) bond motifs is 4. The highest BCUT2D eigenvalue weighted by atomic mass is 16.6. The van der Waals surface area contributed by atoms with Gasteiger partial charge in [0.1, 0.15) is 11.5 Å². The zero-order valence-corrected chi connectivity index (χ0v) is 24.7. The summed E-state index contributed by atoms with van der Waals surface area (Å²) < 4.78 is 5.25. The first-order chi connectivity index (χ1) is 22.5. The second-order valence-corrected chi connectivity index (χ2v) is 12.0. The van der Waals surface area contributed by atoms with Crippen LogP contribution in [0.5, 0.6) is 11.5 Å². The summed E-state index contributed by atoms with van der Waals surface area (Å²) in [6.45, 7) is 0. The number of carbonyl (C=O) groups excluding carboxylic acids is 4. The number of imide groups is 2. The monoisotopic (exact) mass is 638 g/mol. The van der Waals surface area contributed by atoms with Crippen LogP contribution in [0.3, 0.4) is 0 Å². The molecule has 47 heavy (non-hydrogen) atoms. The Morgan fingerprint density at radius 1 is 0.723 bits per heavy atom. The van der Waals surface area contributed by atoms with Crippen LogP contribution in [-0.4, -0.2) is 45.7 Å². The third kappa shape index (κ3) is 4.47. The van der Waals surface area contributed by atoms with E-state index in [1.54, 1.807) is 12.1 Å². The average Bonchev–Trinajstić information content (AvgIpc) is 3.47. The Balaban J connectivity index is 1.31. The molecule has 2 saturated heterocycles. The van der Waals surface area contributed by atoms with E-state index in [2.05, 4.69) is 0 Å². The number of benzene rings is 3. The molecule has 0 bridgehead atoms. The molecular weight excluding hydrogens is 612 g/mol. The molecule has 0 radical (unpaired) electrons. The van der Waals surface area contributed by atoms with Crippen molar-refractivity contribution in [2.75, 3.05) is 16.9 Å². The Hall–Kier alpha value is -5.92. The van der Waals surface area contributed by atoms with Gasteiger partial charge in [-0.25, -0.2) is 0 Å². The number of hydrogen-bond donors (Lipinski definition) is 1. The maximum absolute atomic E-state index is 14.2. The largest absolute Gasteiger partial charge is 0.508 e. The topological polar surface area (TPSA) is 190 Å². The minimum absolute atomic E-state index is 0.0757. The Bertz CT molecular complexity index is 1920. The smallest absolute Gasteiger partial charge is 0.269 e. The molecule has 4 aliphatic rings. The lowest BCUT2D eigenvalue weighted by Gasteiger charge is -2.44. The summed E-state index contributed by atoms with van der Waals surface area (Å²) in [4.78, 5) is 79.3. The molecule has 3 aromatic carbocycles. The van der Waals surface area contributed by atoms with Gasteiger partial charge < -0.3 is 9.84 Å². The van der Waals surface area contributed by atoms with Gasteiger partial charge in [-0.15, -0.1) is 0 Å². The Morgan fingerprint density at radius 2 is 1.26 bits per heavy atom. The highest BCUT2D eigenvalue weighted by molar-refractivity contribution is 6.24. The molecule has 2 heterocycles. The fraction of sp³-hybridized carbons (Fsp3) is 0.273. The molecule has 6 atom stereocenters. The van der Waals surface area contributed by atoms with Crippen LogP contribution in [0, 0.1) is 49.8 Å². The molecule has 1 N–H and O–H groups in total. The highest BCUT2D eigenvalue weighted by Crippen LogP contribution is 2.59. The summed E-state index contributed by atoms with van der Waals surface area (Å²) in [6, 6.07) is 14.8. The standard InChI is InChI=1S/C33H26N4O10/c1-47-20-10-11-22(26(38)14-20)27-21-12-13-23-28(32(41)34(30(23)39)16-2-6-18(7-3-16)36(43)44)24(21)15-25-29(27)33(42)35(31(25)40)17-4-8-19(9-5-17)37(45)46/h2-12,14,23-25,27-29,38H,13,15H2,1H3. The molecule has 2 aliphatic carbocycles. The summed E-state index contributed by atoms with van der Waals surface area (Å²) >= 11 is 0. The number of ether oxygens (including phenoxy) is 1. The molecule has 0 spiro atoms. The van der Waals surface area contributed by atoms with Gasteiger partial charge in [0.15, 0.2) is 0 Å². The normalized spacial score (nSPS) is 26.4. The first-order valence-corrected chi connectivity index (χ1v) is 14.8.